The number of hydrogen-bond donors (Lipinski definition) is 3. The van der Waals surface area contributed by atoms with E-state index in [0.29, 0.717) is 57.7 Å². The number of allylic oxidation sites excluding steroid dienone is 2. The minimum Gasteiger partial charge on any atom is -0.504 e. The second kappa shape index (κ2) is 19.5. The predicted octanol–water partition coefficient (Wildman–Crippen LogP) is 11.3. The number of carbonyl (C=O) groups is 2. The van der Waals surface area contributed by atoms with Gasteiger partial charge in [-0.1, -0.05) is 96.6 Å². The standard InChI is InChI=1S/C56H78O10/c1-52(2)46-25-28-54(5)34-37-15-21-45-53(3,4)49(27-29-55(45,6)40(37)18-22-47(54)56(46,7)30-26-48(52)64-10)66-51(61)24-23-50(60)65-42-20-14-36(32-44(42)63-9)12-17-39(58)33-38(57)16-11-35-13-19-41(59)43(31-35)62-8/h11-17,19-20,31-32,38-40,45-49,57-59H,18,21-30,33-34H2,1-10H3/b16-11+,17-12+/t38?,39?,40-,45-,46-,47+,48+,49-,54+,55+,56-/m1/s1. The molecule has 11 atom stereocenters. The van der Waals surface area contributed by atoms with Crippen molar-refractivity contribution in [3.63, 3.8) is 0 Å². The molecule has 0 heterocycles. The van der Waals surface area contributed by atoms with Gasteiger partial charge in [-0.25, -0.2) is 0 Å². The summed E-state index contributed by atoms with van der Waals surface area (Å²) in [6.07, 6.45) is 18.8. The summed E-state index contributed by atoms with van der Waals surface area (Å²) in [5.41, 5.74) is 3.82. The van der Waals surface area contributed by atoms with Crippen LogP contribution in [0.5, 0.6) is 23.0 Å². The lowest BCUT2D eigenvalue weighted by Gasteiger charge is -2.64. The molecule has 4 fully saturated rings. The Hall–Kier alpha value is -4.12. The van der Waals surface area contributed by atoms with Crippen LogP contribution in [0.25, 0.3) is 12.2 Å². The second-order valence-electron chi connectivity index (χ2n) is 22.5. The van der Waals surface area contributed by atoms with Crippen molar-refractivity contribution in [1.82, 2.24) is 0 Å². The first kappa shape index (κ1) is 49.8. The highest BCUT2D eigenvalue weighted by molar-refractivity contribution is 5.79. The molecule has 3 N–H and O–H groups in total. The van der Waals surface area contributed by atoms with E-state index in [9.17, 15) is 24.9 Å². The molecule has 4 saturated carbocycles. The topological polar surface area (TPSA) is 141 Å². The van der Waals surface area contributed by atoms with Gasteiger partial charge in [0.2, 0.25) is 0 Å². The largest absolute Gasteiger partial charge is 0.504 e. The first-order chi connectivity index (χ1) is 31.2. The number of aliphatic hydroxyl groups excluding tert-OH is 2. The zero-order valence-electron chi connectivity index (χ0n) is 41.4. The fourth-order valence-electron chi connectivity index (χ4n) is 14.7. The molecule has 5 aliphatic rings. The lowest BCUT2D eigenvalue weighted by Crippen LogP contribution is -2.58. The van der Waals surface area contributed by atoms with Crippen LogP contribution in [-0.4, -0.2) is 73.0 Å². The van der Waals surface area contributed by atoms with Crippen LogP contribution in [0.2, 0.25) is 0 Å². The number of methoxy groups -OCH3 is 3. The zero-order chi connectivity index (χ0) is 47.8. The van der Waals surface area contributed by atoms with Crippen molar-refractivity contribution in [2.24, 2.45) is 50.7 Å². The number of ether oxygens (including phenoxy) is 5. The highest BCUT2D eigenvalue weighted by Crippen LogP contribution is 2.70. The van der Waals surface area contributed by atoms with Gasteiger partial charge in [-0.15, -0.1) is 0 Å². The molecule has 0 aromatic heterocycles. The number of phenols is 1. The molecular formula is C56H78O10. The molecule has 10 heteroatoms. The fourth-order valence-corrected chi connectivity index (χ4v) is 14.7. The first-order valence-electron chi connectivity index (χ1n) is 24.6. The average molecular weight is 911 g/mol. The number of rotatable bonds is 14. The van der Waals surface area contributed by atoms with Gasteiger partial charge in [0.1, 0.15) is 6.10 Å². The summed E-state index contributed by atoms with van der Waals surface area (Å²) in [4.78, 5) is 26.5. The van der Waals surface area contributed by atoms with Crippen molar-refractivity contribution < 1.29 is 48.6 Å². The maximum absolute atomic E-state index is 13.4. The molecule has 2 aromatic carbocycles. The van der Waals surface area contributed by atoms with Crippen LogP contribution in [0.3, 0.4) is 0 Å². The molecule has 7 rings (SSSR count). The predicted molar refractivity (Wildman–Crippen MR) is 258 cm³/mol. The number of aliphatic hydroxyl groups is 2. The van der Waals surface area contributed by atoms with E-state index < -0.39 is 18.2 Å². The van der Waals surface area contributed by atoms with Gasteiger partial charge in [0.25, 0.3) is 0 Å². The van der Waals surface area contributed by atoms with Gasteiger partial charge >= 0.3 is 11.9 Å². The van der Waals surface area contributed by atoms with E-state index in [1.54, 1.807) is 60.2 Å². The summed E-state index contributed by atoms with van der Waals surface area (Å²) < 4.78 is 28.7. The molecule has 2 unspecified atom stereocenters. The Labute approximate surface area is 394 Å². The van der Waals surface area contributed by atoms with Crippen molar-refractivity contribution in [2.45, 2.75) is 156 Å². The average Bonchev–Trinajstić information content (AvgIpc) is 3.43. The van der Waals surface area contributed by atoms with E-state index in [1.807, 2.05) is 7.11 Å². The van der Waals surface area contributed by atoms with Gasteiger partial charge in [-0.3, -0.25) is 9.59 Å². The molecule has 10 nitrogen and oxygen atoms in total. The van der Waals surface area contributed by atoms with Crippen LogP contribution in [0.15, 0.2) is 60.2 Å². The molecule has 66 heavy (non-hydrogen) atoms. The van der Waals surface area contributed by atoms with E-state index >= 15 is 0 Å². The van der Waals surface area contributed by atoms with E-state index in [0.717, 1.165) is 31.2 Å². The number of phenolic OH excluding ortho intramolecular Hbond substituents is 1. The van der Waals surface area contributed by atoms with Crippen LogP contribution < -0.4 is 14.2 Å². The highest BCUT2D eigenvalue weighted by Gasteiger charge is 2.63. The Balaban J connectivity index is 0.908. The Morgan fingerprint density at radius 3 is 1.95 bits per heavy atom. The number of hydrogen-bond acceptors (Lipinski definition) is 10. The van der Waals surface area contributed by atoms with Crippen LogP contribution in [0, 0.1) is 50.7 Å². The number of esters is 2. The smallest absolute Gasteiger partial charge is 0.311 e. The van der Waals surface area contributed by atoms with Crippen LogP contribution in [-0.2, 0) is 19.1 Å². The van der Waals surface area contributed by atoms with Gasteiger partial charge in [0, 0.05) is 18.9 Å². The Bertz CT molecular complexity index is 2170. The SMILES string of the molecule is COc1cc(/C=C/C(O)CC(O)/C=C/c2ccc(OC(=O)CCC(=O)O[C@@H]3CC[C@@]4(C)[C@@H]5CC[C@H]6[C@@](C)(CC[C@@H]7C(C)(C)[C@@H](OC)CC[C@]76C)CC5=CC[C@@H]4C3(C)C)c(OC)c2)ccc1O. The maximum atomic E-state index is 13.4. The fraction of sp³-hybridized carbons (Fsp3) is 0.643. The zero-order valence-corrected chi connectivity index (χ0v) is 41.4. The normalized spacial score (nSPS) is 33.2. The maximum Gasteiger partial charge on any atom is 0.311 e. The summed E-state index contributed by atoms with van der Waals surface area (Å²) in [7, 11) is 4.85. The van der Waals surface area contributed by atoms with Crippen molar-refractivity contribution in [3.05, 3.63) is 71.3 Å². The molecule has 0 aliphatic heterocycles. The quantitative estimate of drug-likeness (QED) is 0.0953. The Kier molecular flexibility index (Phi) is 14.7. The molecule has 0 saturated heterocycles. The van der Waals surface area contributed by atoms with Gasteiger partial charge in [-0.2, -0.15) is 0 Å². The highest BCUT2D eigenvalue weighted by atomic mass is 16.6. The minimum atomic E-state index is -0.944. The third kappa shape index (κ3) is 9.75. The summed E-state index contributed by atoms with van der Waals surface area (Å²) in [5.74, 6) is 2.24. The Morgan fingerprint density at radius 2 is 1.29 bits per heavy atom. The molecular weight excluding hydrogens is 833 g/mol. The molecule has 0 bridgehead atoms. The van der Waals surface area contributed by atoms with E-state index in [4.69, 9.17) is 23.7 Å². The van der Waals surface area contributed by atoms with Crippen LogP contribution in [0.1, 0.15) is 143 Å². The minimum absolute atomic E-state index is 0.0237. The molecule has 362 valence electrons. The van der Waals surface area contributed by atoms with E-state index in [-0.39, 0.29) is 59.1 Å². The lowest BCUT2D eigenvalue weighted by atomic mass is 9.42. The van der Waals surface area contributed by atoms with Gasteiger partial charge in [-0.05, 0) is 145 Å². The number of benzene rings is 2. The summed E-state index contributed by atoms with van der Waals surface area (Å²) in [5, 5.41) is 30.8. The van der Waals surface area contributed by atoms with Crippen LogP contribution >= 0.6 is 0 Å². The monoisotopic (exact) mass is 911 g/mol. The second-order valence-corrected chi connectivity index (χ2v) is 22.5. The van der Waals surface area contributed by atoms with Gasteiger partial charge < -0.3 is 39.0 Å². The van der Waals surface area contributed by atoms with Crippen molar-refractivity contribution in [2.75, 3.05) is 21.3 Å². The molecule has 2 aromatic rings. The lowest BCUT2D eigenvalue weighted by molar-refractivity contribution is -0.178. The van der Waals surface area contributed by atoms with E-state index in [2.05, 4.69) is 54.5 Å². The summed E-state index contributed by atoms with van der Waals surface area (Å²) >= 11 is 0. The molecule has 0 radical (unpaired) electrons. The van der Waals surface area contributed by atoms with Crippen molar-refractivity contribution in [3.8, 4) is 23.0 Å². The van der Waals surface area contributed by atoms with Crippen molar-refractivity contribution >= 4 is 24.1 Å². The molecule has 0 amide bonds. The van der Waals surface area contributed by atoms with Crippen LogP contribution in [0.4, 0.5) is 0 Å². The van der Waals surface area contributed by atoms with Gasteiger partial charge in [0.05, 0.1) is 45.4 Å². The molecule has 5 aliphatic carbocycles. The first-order valence-corrected chi connectivity index (χ1v) is 24.6. The summed E-state index contributed by atoms with van der Waals surface area (Å²) in [6.45, 7) is 17.4. The summed E-state index contributed by atoms with van der Waals surface area (Å²) in [6, 6.07) is 9.87. The number of aromatic hydroxyl groups is 1. The third-order valence-electron chi connectivity index (χ3n) is 18.0. The Morgan fingerprint density at radius 1 is 0.682 bits per heavy atom. The third-order valence-corrected chi connectivity index (χ3v) is 18.0. The van der Waals surface area contributed by atoms with Gasteiger partial charge in [0.15, 0.2) is 23.0 Å². The molecule has 0 spiro atoms. The number of carbonyl (C=O) groups excluding carboxylic acids is 2. The number of fused-ring (bicyclic) bond motifs is 6. The van der Waals surface area contributed by atoms with Crippen molar-refractivity contribution in [1.29, 1.82) is 0 Å². The van der Waals surface area contributed by atoms with E-state index in [1.165, 1.54) is 58.8 Å².